The zero-order valence-electron chi connectivity index (χ0n) is 28.1. The highest BCUT2D eigenvalue weighted by Gasteiger charge is 2.30. The van der Waals surface area contributed by atoms with Crippen molar-refractivity contribution >= 4 is 42.6 Å². The van der Waals surface area contributed by atoms with Crippen LogP contribution in [-0.4, -0.2) is 63.8 Å². The van der Waals surface area contributed by atoms with Gasteiger partial charge in [0, 0.05) is 11.8 Å². The van der Waals surface area contributed by atoms with E-state index in [-0.39, 0.29) is 47.8 Å². The summed E-state index contributed by atoms with van der Waals surface area (Å²) in [6, 6.07) is 17.0. The Kier molecular flexibility index (Phi) is 10.2. The molecule has 1 aliphatic heterocycles. The smallest absolute Gasteiger partial charge is 0.341 e. The summed E-state index contributed by atoms with van der Waals surface area (Å²) in [7, 11) is -2.50. The van der Waals surface area contributed by atoms with Crippen molar-refractivity contribution < 1.29 is 54.5 Å². The van der Waals surface area contributed by atoms with E-state index in [9.17, 15) is 26.4 Å². The molecule has 0 amide bonds. The number of methoxy groups -OCH3 is 4. The van der Waals surface area contributed by atoms with E-state index in [2.05, 4.69) is 0 Å². The van der Waals surface area contributed by atoms with Crippen molar-refractivity contribution in [3.63, 3.8) is 0 Å². The van der Waals surface area contributed by atoms with Gasteiger partial charge in [0.15, 0.2) is 0 Å². The van der Waals surface area contributed by atoms with Crippen molar-refractivity contribution in [3.05, 3.63) is 101 Å². The fourth-order valence-electron chi connectivity index (χ4n) is 5.41. The largest absolute Gasteiger partial charge is 0.495 e. The first-order valence-electron chi connectivity index (χ1n) is 15.0. The van der Waals surface area contributed by atoms with Gasteiger partial charge in [-0.2, -0.15) is 0 Å². The van der Waals surface area contributed by atoms with E-state index < -0.39 is 31.6 Å². The molecule has 0 unspecified atom stereocenters. The maximum absolute atomic E-state index is 13.2. The Hall–Kier alpha value is -5.34. The highest BCUT2D eigenvalue weighted by Crippen LogP contribution is 2.37. The van der Waals surface area contributed by atoms with Crippen molar-refractivity contribution in [2.75, 3.05) is 35.0 Å². The lowest BCUT2D eigenvalue weighted by atomic mass is 10.1. The first-order chi connectivity index (χ1) is 23.8. The number of furan rings is 1. The molecule has 2 heterocycles. The molecule has 0 aliphatic carbocycles. The molecule has 1 aromatic heterocycles. The minimum absolute atomic E-state index is 0.0149. The maximum atomic E-state index is 13.2. The van der Waals surface area contributed by atoms with Gasteiger partial charge in [-0.05, 0) is 85.1 Å². The van der Waals surface area contributed by atoms with Crippen molar-refractivity contribution in [1.29, 1.82) is 0 Å². The normalized spacial score (nSPS) is 12.3. The Labute approximate surface area is 289 Å². The van der Waals surface area contributed by atoms with E-state index in [0.29, 0.717) is 29.7 Å². The van der Waals surface area contributed by atoms with Crippen LogP contribution in [-0.2, 0) is 35.6 Å². The number of hydrogen-bond acceptors (Lipinski definition) is 12. The quantitative estimate of drug-likeness (QED) is 0.174. The summed E-state index contributed by atoms with van der Waals surface area (Å²) < 4.78 is 83.2. The van der Waals surface area contributed by atoms with E-state index in [1.165, 1.54) is 59.0 Å². The molecule has 262 valence electrons. The van der Waals surface area contributed by atoms with Gasteiger partial charge in [-0.3, -0.25) is 0 Å². The van der Waals surface area contributed by atoms with E-state index >= 15 is 0 Å². The zero-order chi connectivity index (χ0) is 36.4. The lowest BCUT2D eigenvalue weighted by Crippen LogP contribution is -2.09. The summed E-state index contributed by atoms with van der Waals surface area (Å²) in [5.74, 6) is -0.430. The molecule has 0 N–H and O–H groups in total. The van der Waals surface area contributed by atoms with Gasteiger partial charge in [0.05, 0.1) is 51.1 Å². The Morgan fingerprint density at radius 2 is 1.18 bits per heavy atom. The van der Waals surface area contributed by atoms with Gasteiger partial charge in [-0.25, -0.2) is 26.4 Å². The Morgan fingerprint density at radius 3 is 1.72 bits per heavy atom. The molecule has 0 spiro atoms. The standard InChI is InChI=1S/C18H18O6S.C18H16O6S/c2*1-11-4-5-15(22-2)16(8-11)25(20,21)13-9-12-6-7-24-17(12)14(10-13)18(19)23-3/h4-5,8-10H,6-7H2,1-3H3;4-10H,1-3H3. The van der Waals surface area contributed by atoms with Crippen molar-refractivity contribution in [3.8, 4) is 17.2 Å². The van der Waals surface area contributed by atoms with E-state index in [1.807, 2.05) is 0 Å². The highest BCUT2D eigenvalue weighted by molar-refractivity contribution is 7.92. The topological polar surface area (TPSA) is 162 Å². The lowest BCUT2D eigenvalue weighted by Gasteiger charge is -2.13. The second-order valence-electron chi connectivity index (χ2n) is 11.2. The minimum Gasteiger partial charge on any atom is -0.495 e. The number of ether oxygens (including phenoxy) is 5. The average Bonchev–Trinajstić information content (AvgIpc) is 3.80. The number of hydrogen-bond donors (Lipinski definition) is 0. The molecule has 50 heavy (non-hydrogen) atoms. The average molecular weight is 723 g/mol. The molecule has 14 heteroatoms. The Morgan fingerprint density at radius 1 is 0.660 bits per heavy atom. The van der Waals surface area contributed by atoms with Crippen LogP contribution in [0.15, 0.2) is 97.0 Å². The SMILES string of the molecule is COC(=O)c1cc(S(=O)(=O)c2cc(C)ccc2OC)cc2c1OCC2.COC(=O)c1cc(S(=O)(=O)c2cc(C)ccc2OC)cc2ccoc12. The third-order valence-electron chi connectivity index (χ3n) is 7.93. The van der Waals surface area contributed by atoms with Gasteiger partial charge in [0.1, 0.15) is 43.7 Å². The first-order valence-corrected chi connectivity index (χ1v) is 18.0. The number of aryl methyl sites for hydroxylation is 2. The zero-order valence-corrected chi connectivity index (χ0v) is 29.7. The number of carbonyl (C=O) groups excluding carboxylic acids is 2. The summed E-state index contributed by atoms with van der Waals surface area (Å²) in [6.45, 7) is 3.99. The van der Waals surface area contributed by atoms with Crippen LogP contribution in [0.1, 0.15) is 37.4 Å². The number of carbonyl (C=O) groups is 2. The summed E-state index contributed by atoms with van der Waals surface area (Å²) >= 11 is 0. The summed E-state index contributed by atoms with van der Waals surface area (Å²) in [4.78, 5) is 24.1. The predicted molar refractivity (Wildman–Crippen MR) is 181 cm³/mol. The molecule has 0 radical (unpaired) electrons. The number of benzene rings is 4. The minimum atomic E-state index is -3.91. The molecular formula is C36H34O12S2. The van der Waals surface area contributed by atoms with Crippen LogP contribution in [0.3, 0.4) is 0 Å². The third kappa shape index (κ3) is 6.76. The van der Waals surface area contributed by atoms with Gasteiger partial charge < -0.3 is 28.1 Å². The van der Waals surface area contributed by atoms with E-state index in [1.54, 1.807) is 56.3 Å². The second kappa shape index (κ2) is 14.3. The molecule has 0 fully saturated rings. The first kappa shape index (κ1) is 36.0. The van der Waals surface area contributed by atoms with Crippen molar-refractivity contribution in [2.45, 2.75) is 39.9 Å². The van der Waals surface area contributed by atoms with Gasteiger partial charge >= 0.3 is 11.9 Å². The van der Waals surface area contributed by atoms with E-state index in [0.717, 1.165) is 11.1 Å². The van der Waals surface area contributed by atoms with Gasteiger partial charge in [0.2, 0.25) is 19.7 Å². The van der Waals surface area contributed by atoms with Crippen molar-refractivity contribution in [1.82, 2.24) is 0 Å². The molecule has 0 atom stereocenters. The van der Waals surface area contributed by atoms with Gasteiger partial charge in [-0.1, -0.05) is 12.1 Å². The van der Waals surface area contributed by atoms with Gasteiger partial charge in [0.25, 0.3) is 0 Å². The number of rotatable bonds is 8. The molecule has 1 aliphatic rings. The molecule has 4 aromatic carbocycles. The fraction of sp³-hybridized carbons (Fsp3) is 0.222. The number of fused-ring (bicyclic) bond motifs is 2. The predicted octanol–water partition coefficient (Wildman–Crippen LogP) is 5.93. The molecule has 6 rings (SSSR count). The molecule has 0 bridgehead atoms. The van der Waals surface area contributed by atoms with Crippen LogP contribution in [0, 0.1) is 13.8 Å². The fourth-order valence-corrected chi connectivity index (χ4v) is 8.56. The van der Waals surface area contributed by atoms with Crippen LogP contribution in [0.2, 0.25) is 0 Å². The Balaban J connectivity index is 0.000000194. The number of esters is 2. The molecule has 0 saturated carbocycles. The van der Waals surface area contributed by atoms with Crippen LogP contribution in [0.4, 0.5) is 0 Å². The van der Waals surface area contributed by atoms with E-state index in [4.69, 9.17) is 28.1 Å². The molecular weight excluding hydrogens is 689 g/mol. The maximum Gasteiger partial charge on any atom is 0.341 e. The second-order valence-corrected chi connectivity index (χ2v) is 15.0. The number of sulfone groups is 2. The molecule has 12 nitrogen and oxygen atoms in total. The summed E-state index contributed by atoms with van der Waals surface area (Å²) in [6.07, 6.45) is 1.92. The monoisotopic (exact) mass is 722 g/mol. The summed E-state index contributed by atoms with van der Waals surface area (Å²) in [5.41, 5.74) is 2.68. The van der Waals surface area contributed by atoms with Crippen molar-refractivity contribution in [2.24, 2.45) is 0 Å². The van der Waals surface area contributed by atoms with Crippen LogP contribution in [0.25, 0.3) is 11.0 Å². The Bertz CT molecular complexity index is 2340. The lowest BCUT2D eigenvalue weighted by molar-refractivity contribution is 0.0589. The third-order valence-corrected chi connectivity index (χ3v) is 11.4. The molecule has 5 aromatic rings. The van der Waals surface area contributed by atoms with Crippen LogP contribution < -0.4 is 14.2 Å². The van der Waals surface area contributed by atoms with Crippen LogP contribution in [0.5, 0.6) is 17.2 Å². The highest BCUT2D eigenvalue weighted by atomic mass is 32.2. The van der Waals surface area contributed by atoms with Crippen LogP contribution >= 0.6 is 0 Å². The summed E-state index contributed by atoms with van der Waals surface area (Å²) in [5, 5.41) is 0.494. The van der Waals surface area contributed by atoms with Gasteiger partial charge in [-0.15, -0.1) is 0 Å². The molecule has 0 saturated heterocycles.